The van der Waals surface area contributed by atoms with Gasteiger partial charge in [-0.15, -0.1) is 0 Å². The summed E-state index contributed by atoms with van der Waals surface area (Å²) in [6.45, 7) is 11.5. The summed E-state index contributed by atoms with van der Waals surface area (Å²) in [7, 11) is 0. The van der Waals surface area contributed by atoms with Crippen molar-refractivity contribution in [3.8, 4) is 0 Å². The van der Waals surface area contributed by atoms with Gasteiger partial charge in [0.05, 0.1) is 0 Å². The molecule has 0 atom stereocenters. The highest BCUT2D eigenvalue weighted by Gasteiger charge is 2.17. The van der Waals surface area contributed by atoms with Crippen molar-refractivity contribution in [1.29, 1.82) is 0 Å². The molecule has 0 bridgehead atoms. The van der Waals surface area contributed by atoms with E-state index in [0.717, 1.165) is 34.0 Å². The molecule has 1 fully saturated rings. The molecule has 1 amide bonds. The lowest BCUT2D eigenvalue weighted by molar-refractivity contribution is -0.115. The van der Waals surface area contributed by atoms with Crippen molar-refractivity contribution >= 4 is 35.4 Å². The van der Waals surface area contributed by atoms with Gasteiger partial charge in [0.15, 0.2) is 5.78 Å². The monoisotopic (exact) mass is 395 g/mol. The smallest absolute Gasteiger partial charge is 0.211 e. The molecule has 142 valence electrons. The number of rotatable bonds is 3. The van der Waals surface area contributed by atoms with Gasteiger partial charge in [0.2, 0.25) is 6.41 Å². The Morgan fingerprint density at radius 1 is 1.23 bits per heavy atom. The first-order valence-electron chi connectivity index (χ1n) is 8.60. The molecule has 5 heteroatoms. The molecule has 1 saturated carbocycles. The molecule has 1 aromatic rings. The number of hydrogen-bond acceptors (Lipinski definition) is 2. The van der Waals surface area contributed by atoms with E-state index in [0.29, 0.717) is 24.1 Å². The largest absolute Gasteiger partial charge is 0.329 e. The molecule has 1 aromatic carbocycles. The first kappa shape index (κ1) is 24.2. The van der Waals surface area contributed by atoms with E-state index >= 15 is 0 Å². The Bertz CT molecular complexity index is 691. The molecule has 0 aliphatic heterocycles. The molecule has 26 heavy (non-hydrogen) atoms. The molecule has 3 nitrogen and oxygen atoms in total. The van der Waals surface area contributed by atoms with E-state index in [2.05, 4.69) is 11.9 Å². The number of aryl methyl sites for hydroxylation is 1. The molecular weight excluding hydrogens is 369 g/mol. The Balaban J connectivity index is 0.000000484. The fourth-order valence-corrected chi connectivity index (χ4v) is 2.50. The van der Waals surface area contributed by atoms with Crippen LogP contribution in [0.1, 0.15) is 45.6 Å². The molecule has 2 rings (SSSR count). The maximum Gasteiger partial charge on any atom is 0.211 e. The molecule has 1 aliphatic rings. The molecule has 0 spiro atoms. The predicted octanol–water partition coefficient (Wildman–Crippen LogP) is 6.20. The standard InChI is InChI=1S/C12H15NO2.C7H6Cl2.C2H6/c1-3-11(13-8-14)7-10-5-4-6-12(15)9(10)2;1-5-4-6(8)2-3-7(5)9;1-2/h3,7-8H,2,4-6H2,1H3,(H,13,14);2-4H,1H3;1-2H3/b10-7-,11-3+;;. The van der Waals surface area contributed by atoms with Gasteiger partial charge in [-0.3, -0.25) is 9.59 Å². The van der Waals surface area contributed by atoms with Gasteiger partial charge in [-0.1, -0.05) is 49.7 Å². The third kappa shape index (κ3) is 8.50. The number of carbonyl (C=O) groups is 2. The summed E-state index contributed by atoms with van der Waals surface area (Å²) < 4.78 is 0. The third-order valence-corrected chi connectivity index (χ3v) is 4.22. The number of halogens is 2. The van der Waals surface area contributed by atoms with Gasteiger partial charge < -0.3 is 5.32 Å². The summed E-state index contributed by atoms with van der Waals surface area (Å²) in [5, 5.41) is 4.06. The first-order chi connectivity index (χ1) is 12.4. The van der Waals surface area contributed by atoms with E-state index in [1.165, 1.54) is 0 Å². The average molecular weight is 396 g/mol. The Labute approximate surface area is 166 Å². The second-order valence-electron chi connectivity index (χ2n) is 5.32. The Hall–Kier alpha value is -1.84. The van der Waals surface area contributed by atoms with Gasteiger partial charge in [0, 0.05) is 27.7 Å². The zero-order valence-electron chi connectivity index (χ0n) is 15.9. The molecule has 0 heterocycles. The van der Waals surface area contributed by atoms with E-state index in [9.17, 15) is 9.59 Å². The Morgan fingerprint density at radius 2 is 1.88 bits per heavy atom. The van der Waals surface area contributed by atoms with Gasteiger partial charge in [0.25, 0.3) is 0 Å². The number of allylic oxidation sites excluding steroid dienone is 4. The number of ketones is 1. The lowest BCUT2D eigenvalue weighted by Crippen LogP contribution is -2.13. The zero-order chi connectivity index (χ0) is 20.1. The first-order valence-corrected chi connectivity index (χ1v) is 9.35. The van der Waals surface area contributed by atoms with Crippen molar-refractivity contribution in [3.63, 3.8) is 0 Å². The quantitative estimate of drug-likeness (QED) is 0.488. The van der Waals surface area contributed by atoms with Gasteiger partial charge in [0.1, 0.15) is 0 Å². The third-order valence-electron chi connectivity index (χ3n) is 3.56. The average Bonchev–Trinajstić information content (AvgIpc) is 2.64. The highest BCUT2D eigenvalue weighted by atomic mass is 35.5. The number of amides is 1. The van der Waals surface area contributed by atoms with Crippen LogP contribution in [0.3, 0.4) is 0 Å². The van der Waals surface area contributed by atoms with Crippen LogP contribution in [-0.2, 0) is 9.59 Å². The lowest BCUT2D eigenvalue weighted by atomic mass is 9.89. The second kappa shape index (κ2) is 13.4. The summed E-state index contributed by atoms with van der Waals surface area (Å²) in [5.41, 5.74) is 3.22. The molecule has 0 saturated heterocycles. The van der Waals surface area contributed by atoms with E-state index in [4.69, 9.17) is 23.2 Å². The van der Waals surface area contributed by atoms with E-state index in [1.807, 2.05) is 39.8 Å². The van der Waals surface area contributed by atoms with Gasteiger partial charge in [-0.25, -0.2) is 0 Å². The van der Waals surface area contributed by atoms with Crippen LogP contribution >= 0.6 is 23.2 Å². The number of benzene rings is 1. The van der Waals surface area contributed by atoms with Gasteiger partial charge >= 0.3 is 0 Å². The van der Waals surface area contributed by atoms with Crippen LogP contribution in [-0.4, -0.2) is 12.2 Å². The molecule has 0 aromatic heterocycles. The van der Waals surface area contributed by atoms with Crippen molar-refractivity contribution in [3.05, 3.63) is 69.4 Å². The van der Waals surface area contributed by atoms with Gasteiger partial charge in [-0.05, 0) is 62.1 Å². The normalized spacial score (nSPS) is 15.5. The van der Waals surface area contributed by atoms with Crippen molar-refractivity contribution in [2.75, 3.05) is 0 Å². The minimum atomic E-state index is 0.106. The summed E-state index contributed by atoms with van der Waals surface area (Å²) in [5.74, 6) is 0.106. The SMILES string of the molecule is C=C1C(=O)CCC/C1=C/C(=C\C)NC=O.CC.Cc1cc(Cl)ccc1Cl. The van der Waals surface area contributed by atoms with Crippen LogP contribution in [0.4, 0.5) is 0 Å². The molecule has 0 radical (unpaired) electrons. The van der Waals surface area contributed by atoms with E-state index < -0.39 is 0 Å². The topological polar surface area (TPSA) is 46.2 Å². The van der Waals surface area contributed by atoms with Crippen molar-refractivity contribution in [1.82, 2.24) is 5.32 Å². The second-order valence-corrected chi connectivity index (χ2v) is 6.17. The van der Waals surface area contributed by atoms with Crippen LogP contribution in [0, 0.1) is 6.92 Å². The highest BCUT2D eigenvalue weighted by Crippen LogP contribution is 2.25. The Kier molecular flexibility index (Phi) is 12.4. The minimum absolute atomic E-state index is 0.106. The molecule has 1 aliphatic carbocycles. The fourth-order valence-electron chi connectivity index (χ4n) is 2.15. The number of nitrogens with one attached hydrogen (secondary N) is 1. The summed E-state index contributed by atoms with van der Waals surface area (Å²) in [4.78, 5) is 21.7. The number of carbonyl (C=O) groups excluding carboxylic acids is 2. The Morgan fingerprint density at radius 3 is 2.38 bits per heavy atom. The number of Topliss-reactive ketones (excluding diaryl/α,β-unsaturated/α-hetero) is 1. The summed E-state index contributed by atoms with van der Waals surface area (Å²) in [6.07, 6.45) is 6.52. The maximum atomic E-state index is 11.4. The van der Waals surface area contributed by atoms with E-state index in [1.54, 1.807) is 18.2 Å². The maximum absolute atomic E-state index is 11.4. The lowest BCUT2D eigenvalue weighted by Gasteiger charge is -2.16. The fraction of sp³-hybridized carbons (Fsp3) is 0.333. The van der Waals surface area contributed by atoms with Crippen LogP contribution in [0.15, 0.2) is 53.8 Å². The minimum Gasteiger partial charge on any atom is -0.329 e. The van der Waals surface area contributed by atoms with Crippen molar-refractivity contribution < 1.29 is 9.59 Å². The van der Waals surface area contributed by atoms with Crippen LogP contribution in [0.2, 0.25) is 10.0 Å². The van der Waals surface area contributed by atoms with Gasteiger partial charge in [-0.2, -0.15) is 0 Å². The highest BCUT2D eigenvalue weighted by molar-refractivity contribution is 6.33. The molecule has 1 N–H and O–H groups in total. The van der Waals surface area contributed by atoms with Crippen molar-refractivity contribution in [2.24, 2.45) is 0 Å². The zero-order valence-corrected chi connectivity index (χ0v) is 17.4. The predicted molar refractivity (Wildman–Crippen MR) is 112 cm³/mol. The molecule has 0 unspecified atom stereocenters. The van der Waals surface area contributed by atoms with Crippen LogP contribution in [0.25, 0.3) is 0 Å². The van der Waals surface area contributed by atoms with E-state index in [-0.39, 0.29) is 5.78 Å². The summed E-state index contributed by atoms with van der Waals surface area (Å²) in [6, 6.07) is 5.40. The van der Waals surface area contributed by atoms with Crippen molar-refractivity contribution in [2.45, 2.75) is 47.0 Å². The number of hydrogen-bond donors (Lipinski definition) is 1. The van der Waals surface area contributed by atoms with Crippen LogP contribution in [0.5, 0.6) is 0 Å². The van der Waals surface area contributed by atoms with Crippen LogP contribution < -0.4 is 5.32 Å². The summed E-state index contributed by atoms with van der Waals surface area (Å²) >= 11 is 11.4. The molecular formula is C21H27Cl2NO2.